The number of hydrogen-bond donors (Lipinski definition) is 3. The van der Waals surface area contributed by atoms with Gasteiger partial charge in [-0.05, 0) is 74.3 Å². The van der Waals surface area contributed by atoms with Gasteiger partial charge in [-0.2, -0.15) is 8.42 Å². The van der Waals surface area contributed by atoms with Crippen LogP contribution in [0.1, 0.15) is 72.9 Å². The number of rotatable bonds is 8. The Kier molecular flexibility index (Phi) is 8.32. The van der Waals surface area contributed by atoms with E-state index in [4.69, 9.17) is 4.74 Å². The minimum absolute atomic E-state index is 0.185. The predicted molar refractivity (Wildman–Crippen MR) is 190 cm³/mol. The smallest absolute Gasteiger partial charge is 0.295 e. The van der Waals surface area contributed by atoms with Crippen LogP contribution < -0.4 is 34.8 Å². The van der Waals surface area contributed by atoms with Crippen molar-refractivity contribution in [3.8, 4) is 11.5 Å². The van der Waals surface area contributed by atoms with Gasteiger partial charge in [-0.3, -0.25) is 9.35 Å². The summed E-state index contributed by atoms with van der Waals surface area (Å²) in [5, 5.41) is 4.64. The van der Waals surface area contributed by atoms with Gasteiger partial charge < -0.3 is 15.0 Å². The van der Waals surface area contributed by atoms with Crippen LogP contribution in [0.15, 0.2) is 40.1 Å². The molecule has 5 heterocycles. The minimum atomic E-state index is -4.93. The fourth-order valence-corrected chi connectivity index (χ4v) is 10.3. The van der Waals surface area contributed by atoms with Crippen molar-refractivity contribution in [2.24, 2.45) is 5.92 Å². The Morgan fingerprint density at radius 2 is 1.62 bits per heavy atom. The first-order valence-corrected chi connectivity index (χ1v) is 20.6. The number of carbonyl (C=O) groups is 1. The molecule has 0 spiro atoms. The Balaban J connectivity index is 1.36. The summed E-state index contributed by atoms with van der Waals surface area (Å²) in [5.41, 5.74) is 7.41. The zero-order valence-corrected chi connectivity index (χ0v) is 30.1. The molecule has 0 saturated carbocycles. The third kappa shape index (κ3) is 5.72. The van der Waals surface area contributed by atoms with Crippen LogP contribution in [0.4, 0.5) is 5.69 Å². The fourth-order valence-electron chi connectivity index (χ4n) is 8.52. The summed E-state index contributed by atoms with van der Waals surface area (Å²) in [4.78, 5) is 13.9. The van der Waals surface area contributed by atoms with Crippen LogP contribution in [0.3, 0.4) is 0 Å². The second-order valence-electron chi connectivity index (χ2n) is 14.5. The molecule has 264 valence electrons. The monoisotopic (exact) mass is 719 g/mol. The van der Waals surface area contributed by atoms with E-state index in [-0.39, 0.29) is 16.4 Å². The number of benzene rings is 3. The Hall–Kier alpha value is -3.78. The number of ether oxygens (including phenoxy) is 1. The van der Waals surface area contributed by atoms with Gasteiger partial charge in [0.1, 0.15) is 29.5 Å². The van der Waals surface area contributed by atoms with Gasteiger partial charge in [0, 0.05) is 71.2 Å². The van der Waals surface area contributed by atoms with Crippen LogP contribution in [-0.4, -0.2) is 66.6 Å². The SMILES string of the molecule is CC(C)CNC(=O)CNS(=O)(=O)c1ccc(C2=c3cc4c5c(c3Oc3c2cc2c6c3CCCN6CCC2)CCC[N+]=5CCC4)c(S(=O)(=O)O)c1. The van der Waals surface area contributed by atoms with Crippen molar-refractivity contribution in [1.82, 2.24) is 14.6 Å². The largest absolute Gasteiger partial charge is 0.455 e. The van der Waals surface area contributed by atoms with Crippen molar-refractivity contribution < 1.29 is 30.9 Å². The molecule has 0 atom stereocenters. The van der Waals surface area contributed by atoms with Gasteiger partial charge in [-0.1, -0.05) is 19.9 Å². The van der Waals surface area contributed by atoms with Crippen LogP contribution >= 0.6 is 0 Å². The van der Waals surface area contributed by atoms with E-state index >= 15 is 0 Å². The number of carbonyl (C=O) groups excluding carboxylic acids is 1. The summed E-state index contributed by atoms with van der Waals surface area (Å²) in [7, 11) is -9.25. The molecule has 0 fully saturated rings. The number of nitrogens with one attached hydrogen (secondary N) is 2. The van der Waals surface area contributed by atoms with Crippen molar-refractivity contribution in [2.45, 2.75) is 75.0 Å². The molecule has 50 heavy (non-hydrogen) atoms. The number of nitrogens with zero attached hydrogens (tertiary/aromatic N) is 2. The van der Waals surface area contributed by atoms with E-state index in [2.05, 4.69) is 31.6 Å². The molecule has 3 aromatic carbocycles. The molecule has 5 aliphatic rings. The molecule has 8 rings (SSSR count). The lowest BCUT2D eigenvalue weighted by Crippen LogP contribution is -2.45. The van der Waals surface area contributed by atoms with Crippen molar-refractivity contribution in [3.63, 3.8) is 0 Å². The normalized spacial score (nSPS) is 17.8. The van der Waals surface area contributed by atoms with E-state index in [1.807, 2.05) is 13.8 Å². The number of anilines is 1. The summed E-state index contributed by atoms with van der Waals surface area (Å²) >= 11 is 0. The molecule has 0 saturated heterocycles. The van der Waals surface area contributed by atoms with E-state index in [0.29, 0.717) is 23.6 Å². The van der Waals surface area contributed by atoms with Gasteiger partial charge in [0.2, 0.25) is 21.3 Å². The number of aryl methyl sites for hydroxylation is 2. The molecular formula is C37H43N4O7S2+. The van der Waals surface area contributed by atoms with Crippen molar-refractivity contribution in [1.29, 1.82) is 0 Å². The van der Waals surface area contributed by atoms with E-state index in [1.54, 1.807) is 0 Å². The van der Waals surface area contributed by atoms with Crippen molar-refractivity contribution >= 4 is 37.3 Å². The van der Waals surface area contributed by atoms with Crippen LogP contribution in [0.25, 0.3) is 5.57 Å². The zero-order valence-electron chi connectivity index (χ0n) is 28.5. The van der Waals surface area contributed by atoms with Gasteiger partial charge in [0.25, 0.3) is 10.1 Å². The van der Waals surface area contributed by atoms with Crippen LogP contribution in [0, 0.1) is 5.92 Å². The number of sulfonamides is 1. The van der Waals surface area contributed by atoms with Gasteiger partial charge in [-0.15, -0.1) is 0 Å². The second kappa shape index (κ2) is 12.5. The third-order valence-corrected chi connectivity index (χ3v) is 12.9. The lowest BCUT2D eigenvalue weighted by atomic mass is 9.82. The summed E-state index contributed by atoms with van der Waals surface area (Å²) in [5.74, 6) is 1.12. The van der Waals surface area contributed by atoms with E-state index in [1.165, 1.54) is 34.3 Å². The van der Waals surface area contributed by atoms with E-state index < -0.39 is 37.5 Å². The molecular weight excluding hydrogens is 677 g/mol. The highest BCUT2D eigenvalue weighted by molar-refractivity contribution is 7.89. The third-order valence-electron chi connectivity index (χ3n) is 10.6. The number of hydrogen-bond acceptors (Lipinski definition) is 7. The first kappa shape index (κ1) is 33.4. The quantitative estimate of drug-likeness (QED) is 0.186. The summed E-state index contributed by atoms with van der Waals surface area (Å²) < 4.78 is 75.8. The number of amides is 1. The first-order valence-electron chi connectivity index (χ1n) is 17.7. The highest BCUT2D eigenvalue weighted by Crippen LogP contribution is 2.49. The van der Waals surface area contributed by atoms with Crippen LogP contribution in [0.2, 0.25) is 0 Å². The van der Waals surface area contributed by atoms with Crippen molar-refractivity contribution in [2.75, 3.05) is 44.2 Å². The Bertz CT molecular complexity index is 2310. The zero-order chi connectivity index (χ0) is 34.9. The molecule has 0 radical (unpaired) electrons. The molecule has 0 bridgehead atoms. The molecule has 3 N–H and O–H groups in total. The molecule has 3 aromatic rings. The molecule has 13 heteroatoms. The average molecular weight is 720 g/mol. The highest BCUT2D eigenvalue weighted by atomic mass is 32.2. The standard InChI is InChI=1S/C37H42N4O7S2/c1-22(2)20-38-32(42)21-39-49(43,44)25-11-12-26(31(19-25)50(45,46)47)33-29-17-23-7-3-13-40-15-5-9-27(34(23)40)36(29)48-37-28-10-6-16-41-14-4-8-24(35(28)41)18-30(33)37/h11-12,17-19,22,39H,3-10,13-16,20-21H2,1-2H3,(H-,38,42,45,46,47)/p+1. The molecule has 0 unspecified atom stereocenters. The minimum Gasteiger partial charge on any atom is -0.455 e. The Morgan fingerprint density at radius 3 is 2.38 bits per heavy atom. The van der Waals surface area contributed by atoms with Gasteiger partial charge in [0.05, 0.1) is 17.0 Å². The van der Waals surface area contributed by atoms with Crippen LogP contribution in [-0.2, 0) is 50.6 Å². The van der Waals surface area contributed by atoms with Gasteiger partial charge >= 0.3 is 0 Å². The summed E-state index contributed by atoms with van der Waals surface area (Å²) in [6, 6.07) is 8.05. The maximum absolute atomic E-state index is 13.4. The summed E-state index contributed by atoms with van der Waals surface area (Å²) in [6.07, 6.45) is 7.40. The predicted octanol–water partition coefficient (Wildman–Crippen LogP) is 2.42. The first-order chi connectivity index (χ1) is 23.9. The van der Waals surface area contributed by atoms with Crippen molar-refractivity contribution in [3.05, 3.63) is 74.3 Å². The van der Waals surface area contributed by atoms with E-state index in [0.717, 1.165) is 106 Å². The maximum atomic E-state index is 13.4. The molecule has 1 amide bonds. The lowest BCUT2D eigenvalue weighted by molar-refractivity contribution is -0.120. The van der Waals surface area contributed by atoms with Gasteiger partial charge in [-0.25, -0.2) is 17.7 Å². The maximum Gasteiger partial charge on any atom is 0.295 e. The number of fused-ring (bicyclic) bond motifs is 4. The topological polar surface area (TPSA) is 145 Å². The lowest BCUT2D eigenvalue weighted by Gasteiger charge is -2.39. The Labute approximate surface area is 292 Å². The van der Waals surface area contributed by atoms with Gasteiger partial charge in [0.15, 0.2) is 0 Å². The Morgan fingerprint density at radius 1 is 0.900 bits per heavy atom. The molecule has 5 aliphatic heterocycles. The highest BCUT2D eigenvalue weighted by Gasteiger charge is 2.37. The second-order valence-corrected chi connectivity index (χ2v) is 17.7. The summed E-state index contributed by atoms with van der Waals surface area (Å²) in [6.45, 7) is 7.66. The average Bonchev–Trinajstić information content (AvgIpc) is 3.09. The van der Waals surface area contributed by atoms with E-state index in [9.17, 15) is 26.2 Å². The van der Waals surface area contributed by atoms with Crippen LogP contribution in [0.5, 0.6) is 11.5 Å². The molecule has 0 aliphatic carbocycles. The molecule has 11 nitrogen and oxygen atoms in total. The fraction of sp³-hybridized carbons (Fsp3) is 0.459. The molecule has 0 aromatic heterocycles.